The summed E-state index contributed by atoms with van der Waals surface area (Å²) in [4.78, 5) is 22.1. The highest BCUT2D eigenvalue weighted by molar-refractivity contribution is 5.95. The Kier molecular flexibility index (Phi) is 4.90. The number of nitro groups is 1. The molecule has 0 aromatic heterocycles. The highest BCUT2D eigenvalue weighted by Gasteiger charge is 2.16. The van der Waals surface area contributed by atoms with Gasteiger partial charge in [-0.15, -0.1) is 0 Å². The summed E-state index contributed by atoms with van der Waals surface area (Å²) in [6, 6.07) is 8.24. The highest BCUT2D eigenvalue weighted by Crippen LogP contribution is 2.20. The van der Waals surface area contributed by atoms with Crippen molar-refractivity contribution in [1.82, 2.24) is 5.32 Å². The third-order valence-corrected chi connectivity index (χ3v) is 3.33. The summed E-state index contributed by atoms with van der Waals surface area (Å²) < 4.78 is 18.9. The third-order valence-electron chi connectivity index (χ3n) is 3.33. The van der Waals surface area contributed by atoms with Crippen LogP contribution in [0.5, 0.6) is 5.75 Å². The Morgan fingerprint density at radius 3 is 2.70 bits per heavy atom. The second-order valence-corrected chi connectivity index (χ2v) is 4.91. The van der Waals surface area contributed by atoms with Crippen molar-refractivity contribution in [3.8, 4) is 5.75 Å². The summed E-state index contributed by atoms with van der Waals surface area (Å²) in [6.45, 7) is 2.04. The molecule has 2 aromatic rings. The number of non-ortho nitro benzene ring substituents is 1. The summed E-state index contributed by atoms with van der Waals surface area (Å²) in [6.07, 6.45) is 0. The number of nitro benzene ring substituents is 1. The van der Waals surface area contributed by atoms with E-state index in [0.717, 1.165) is 29.3 Å². The first-order valence-electron chi connectivity index (χ1n) is 6.78. The van der Waals surface area contributed by atoms with Crippen LogP contribution < -0.4 is 10.1 Å². The Morgan fingerprint density at radius 2 is 2.04 bits per heavy atom. The lowest BCUT2D eigenvalue weighted by molar-refractivity contribution is -0.384. The van der Waals surface area contributed by atoms with Gasteiger partial charge in [-0.2, -0.15) is 0 Å². The van der Waals surface area contributed by atoms with Crippen LogP contribution in [0, 0.1) is 22.9 Å². The fourth-order valence-electron chi connectivity index (χ4n) is 2.05. The van der Waals surface area contributed by atoms with Crippen LogP contribution in [0.1, 0.15) is 21.5 Å². The number of aryl methyl sites for hydroxylation is 1. The first kappa shape index (κ1) is 16.4. The molecule has 0 unspecified atom stereocenters. The number of nitrogens with one attached hydrogen (secondary N) is 1. The van der Waals surface area contributed by atoms with Crippen molar-refractivity contribution in [2.45, 2.75) is 13.5 Å². The zero-order chi connectivity index (χ0) is 17.0. The maximum Gasteiger partial charge on any atom is 0.270 e. The number of benzene rings is 2. The van der Waals surface area contributed by atoms with Crippen LogP contribution >= 0.6 is 0 Å². The van der Waals surface area contributed by atoms with Crippen LogP contribution in [0.25, 0.3) is 0 Å². The number of nitrogens with zero attached hydrogens (tertiary/aromatic N) is 1. The monoisotopic (exact) mass is 318 g/mol. The van der Waals surface area contributed by atoms with Crippen molar-refractivity contribution in [3.05, 3.63) is 69.0 Å². The van der Waals surface area contributed by atoms with Crippen molar-refractivity contribution >= 4 is 11.6 Å². The van der Waals surface area contributed by atoms with Gasteiger partial charge in [-0.05, 0) is 30.2 Å². The maximum atomic E-state index is 13.7. The van der Waals surface area contributed by atoms with Gasteiger partial charge in [0.2, 0.25) is 0 Å². The third kappa shape index (κ3) is 3.82. The Morgan fingerprint density at radius 1 is 1.30 bits per heavy atom. The molecule has 0 fully saturated rings. The van der Waals surface area contributed by atoms with Crippen molar-refractivity contribution in [2.75, 3.05) is 7.11 Å². The van der Waals surface area contributed by atoms with E-state index in [-0.39, 0.29) is 17.8 Å². The topological polar surface area (TPSA) is 81.5 Å². The van der Waals surface area contributed by atoms with Crippen LogP contribution in [0.2, 0.25) is 0 Å². The standard InChI is InChI=1S/C16H15FN2O4/c1-10-3-4-11(7-15(10)23-2)9-18-16(20)13-8-12(19(21)22)5-6-14(13)17/h3-8H,9H2,1-2H3,(H,18,20). The fraction of sp³-hybridized carbons (Fsp3) is 0.188. The number of ether oxygens (including phenoxy) is 1. The molecule has 1 amide bonds. The van der Waals surface area contributed by atoms with Gasteiger partial charge in [-0.1, -0.05) is 12.1 Å². The van der Waals surface area contributed by atoms with Crippen LogP contribution in [0.4, 0.5) is 10.1 Å². The molecule has 6 nitrogen and oxygen atoms in total. The first-order valence-corrected chi connectivity index (χ1v) is 6.78. The van der Waals surface area contributed by atoms with Crippen LogP contribution in [-0.4, -0.2) is 17.9 Å². The molecule has 0 aliphatic carbocycles. The molecular weight excluding hydrogens is 303 g/mol. The molecule has 0 saturated heterocycles. The number of methoxy groups -OCH3 is 1. The van der Waals surface area contributed by atoms with Gasteiger partial charge in [0.25, 0.3) is 11.6 Å². The van der Waals surface area contributed by atoms with E-state index >= 15 is 0 Å². The number of rotatable bonds is 5. The normalized spacial score (nSPS) is 10.2. The Hall–Kier alpha value is -2.96. The molecule has 0 saturated carbocycles. The number of amides is 1. The largest absolute Gasteiger partial charge is 0.496 e. The molecule has 0 aliphatic rings. The predicted octanol–water partition coefficient (Wildman–Crippen LogP) is 2.98. The van der Waals surface area contributed by atoms with Gasteiger partial charge in [0.1, 0.15) is 11.6 Å². The average molecular weight is 318 g/mol. The summed E-state index contributed by atoms with van der Waals surface area (Å²) in [7, 11) is 1.54. The van der Waals surface area contributed by atoms with E-state index in [9.17, 15) is 19.3 Å². The van der Waals surface area contributed by atoms with E-state index in [1.165, 1.54) is 0 Å². The quantitative estimate of drug-likeness (QED) is 0.679. The van der Waals surface area contributed by atoms with Gasteiger partial charge >= 0.3 is 0 Å². The molecule has 2 rings (SSSR count). The molecular formula is C16H15FN2O4. The lowest BCUT2D eigenvalue weighted by atomic mass is 10.1. The lowest BCUT2D eigenvalue weighted by Crippen LogP contribution is -2.24. The van der Waals surface area contributed by atoms with Crippen LogP contribution in [-0.2, 0) is 6.54 Å². The summed E-state index contributed by atoms with van der Waals surface area (Å²) in [5.41, 5.74) is 1.02. The molecule has 0 radical (unpaired) electrons. The van der Waals surface area contributed by atoms with E-state index in [2.05, 4.69) is 5.32 Å². The number of hydrogen-bond acceptors (Lipinski definition) is 4. The number of carbonyl (C=O) groups excluding carboxylic acids is 1. The summed E-state index contributed by atoms with van der Waals surface area (Å²) in [5, 5.41) is 13.2. The smallest absolute Gasteiger partial charge is 0.270 e. The fourth-order valence-corrected chi connectivity index (χ4v) is 2.05. The number of hydrogen-bond donors (Lipinski definition) is 1. The predicted molar refractivity (Wildman–Crippen MR) is 82.0 cm³/mol. The molecule has 23 heavy (non-hydrogen) atoms. The van der Waals surface area contributed by atoms with Gasteiger partial charge < -0.3 is 10.1 Å². The van der Waals surface area contributed by atoms with Gasteiger partial charge in [-0.25, -0.2) is 4.39 Å². The lowest BCUT2D eigenvalue weighted by Gasteiger charge is -2.09. The zero-order valence-corrected chi connectivity index (χ0v) is 12.6. The molecule has 0 atom stereocenters. The first-order chi connectivity index (χ1) is 10.9. The molecule has 1 N–H and O–H groups in total. The minimum Gasteiger partial charge on any atom is -0.496 e. The van der Waals surface area contributed by atoms with Gasteiger partial charge in [0, 0.05) is 18.7 Å². The summed E-state index contributed by atoms with van der Waals surface area (Å²) in [5.74, 6) is -0.849. The van der Waals surface area contributed by atoms with Crippen LogP contribution in [0.15, 0.2) is 36.4 Å². The van der Waals surface area contributed by atoms with E-state index in [4.69, 9.17) is 4.74 Å². The number of carbonyl (C=O) groups is 1. The molecule has 0 bridgehead atoms. The minimum absolute atomic E-state index is 0.150. The molecule has 120 valence electrons. The molecule has 2 aromatic carbocycles. The van der Waals surface area contributed by atoms with Gasteiger partial charge in [0.15, 0.2) is 0 Å². The Balaban J connectivity index is 2.14. The maximum absolute atomic E-state index is 13.7. The van der Waals surface area contributed by atoms with E-state index < -0.39 is 16.6 Å². The summed E-state index contributed by atoms with van der Waals surface area (Å²) >= 11 is 0. The second kappa shape index (κ2) is 6.87. The SMILES string of the molecule is COc1cc(CNC(=O)c2cc([N+](=O)[O-])ccc2F)ccc1C. The van der Waals surface area contributed by atoms with E-state index in [1.807, 2.05) is 19.1 Å². The molecule has 0 heterocycles. The van der Waals surface area contributed by atoms with Gasteiger partial charge in [-0.3, -0.25) is 14.9 Å². The van der Waals surface area contributed by atoms with Crippen molar-refractivity contribution < 1.29 is 18.8 Å². The number of halogens is 1. The second-order valence-electron chi connectivity index (χ2n) is 4.91. The Labute approximate surface area is 132 Å². The Bertz CT molecular complexity index is 762. The molecule has 7 heteroatoms. The molecule has 0 aliphatic heterocycles. The van der Waals surface area contributed by atoms with Crippen molar-refractivity contribution in [1.29, 1.82) is 0 Å². The molecule has 0 spiro atoms. The van der Waals surface area contributed by atoms with E-state index in [1.54, 1.807) is 13.2 Å². The van der Waals surface area contributed by atoms with E-state index in [0.29, 0.717) is 5.75 Å². The van der Waals surface area contributed by atoms with Crippen molar-refractivity contribution in [3.63, 3.8) is 0 Å². The van der Waals surface area contributed by atoms with Gasteiger partial charge in [0.05, 0.1) is 17.6 Å². The highest BCUT2D eigenvalue weighted by atomic mass is 19.1. The average Bonchev–Trinajstić information content (AvgIpc) is 2.53. The minimum atomic E-state index is -0.811. The van der Waals surface area contributed by atoms with Crippen molar-refractivity contribution in [2.24, 2.45) is 0 Å². The zero-order valence-electron chi connectivity index (χ0n) is 12.6. The van der Waals surface area contributed by atoms with Crippen LogP contribution in [0.3, 0.4) is 0 Å².